The van der Waals surface area contributed by atoms with Crippen molar-refractivity contribution in [3.8, 4) is 0 Å². The third-order valence-corrected chi connectivity index (χ3v) is 6.57. The monoisotopic (exact) mass is 391 g/mol. The van der Waals surface area contributed by atoms with E-state index in [2.05, 4.69) is 62.1 Å². The number of fused-ring (bicyclic) bond motifs is 1. The number of carbonyl (C=O) groups excluding carboxylic acids is 1. The molecular formula is C21H21N5OS. The van der Waals surface area contributed by atoms with Gasteiger partial charge in [-0.3, -0.25) is 4.79 Å². The Morgan fingerprint density at radius 2 is 2.00 bits per heavy atom. The minimum Gasteiger partial charge on any atom is -0.378 e. The highest BCUT2D eigenvalue weighted by atomic mass is 32.1. The number of benzene rings is 1. The minimum atomic E-state index is -0.234. The molecule has 2 aliphatic rings. The molecule has 0 bridgehead atoms. The molecule has 0 unspecified atom stereocenters. The number of rotatable bonds is 3. The molecule has 5 rings (SSSR count). The number of anilines is 2. The van der Waals surface area contributed by atoms with E-state index in [1.807, 2.05) is 18.8 Å². The lowest BCUT2D eigenvalue weighted by molar-refractivity contribution is -0.116. The fourth-order valence-corrected chi connectivity index (χ4v) is 4.97. The Morgan fingerprint density at radius 3 is 2.71 bits per heavy atom. The van der Waals surface area contributed by atoms with Crippen molar-refractivity contribution in [1.29, 1.82) is 0 Å². The Bertz CT molecular complexity index is 1050. The molecule has 0 radical (unpaired) electrons. The lowest BCUT2D eigenvalue weighted by Crippen LogP contribution is -2.33. The van der Waals surface area contributed by atoms with Crippen LogP contribution in [0.4, 0.5) is 11.6 Å². The zero-order valence-electron chi connectivity index (χ0n) is 15.8. The lowest BCUT2D eigenvalue weighted by Gasteiger charge is -2.35. The van der Waals surface area contributed by atoms with Crippen molar-refractivity contribution < 1.29 is 4.79 Å². The molecule has 28 heavy (non-hydrogen) atoms. The van der Waals surface area contributed by atoms with E-state index < -0.39 is 0 Å². The topological polar surface area (TPSA) is 63.1 Å². The summed E-state index contributed by atoms with van der Waals surface area (Å²) in [6.07, 6.45) is 2.90. The maximum Gasteiger partial charge on any atom is 0.226 e. The number of thiophene rings is 1. The van der Waals surface area contributed by atoms with E-state index in [9.17, 15) is 4.79 Å². The van der Waals surface area contributed by atoms with Crippen molar-refractivity contribution in [3.63, 3.8) is 0 Å². The van der Waals surface area contributed by atoms with Crippen molar-refractivity contribution in [3.05, 3.63) is 69.8 Å². The standard InChI is InChI=1S/C21H21N5OS/c1-25(2)15-7-5-13(6-8-15)20-19-16(24-21-22-12-23-26(20)21)10-14(11-17(19)27)18-4-3-9-28-18/h3-9,12,14,20H,10-11H2,1-2H3,(H,22,23,24)/t14-,20+/m1/s1. The molecular weight excluding hydrogens is 370 g/mol. The van der Waals surface area contributed by atoms with E-state index in [0.29, 0.717) is 12.4 Å². The second kappa shape index (κ2) is 6.60. The Kier molecular flexibility index (Phi) is 4.05. The first-order valence-electron chi connectivity index (χ1n) is 9.35. The molecule has 0 amide bonds. The van der Waals surface area contributed by atoms with E-state index in [0.717, 1.165) is 28.9 Å². The van der Waals surface area contributed by atoms with Crippen LogP contribution in [-0.2, 0) is 4.79 Å². The molecule has 7 heteroatoms. The van der Waals surface area contributed by atoms with E-state index in [1.165, 1.54) is 4.88 Å². The van der Waals surface area contributed by atoms with Gasteiger partial charge in [-0.1, -0.05) is 18.2 Å². The van der Waals surface area contributed by atoms with Gasteiger partial charge in [0.2, 0.25) is 5.95 Å². The number of allylic oxidation sites excluding steroid dienone is 2. The highest BCUT2D eigenvalue weighted by Crippen LogP contribution is 2.44. The molecule has 0 saturated carbocycles. The summed E-state index contributed by atoms with van der Waals surface area (Å²) in [5, 5.41) is 9.86. The van der Waals surface area contributed by atoms with Gasteiger partial charge in [0.1, 0.15) is 12.4 Å². The van der Waals surface area contributed by atoms with Crippen LogP contribution in [-0.4, -0.2) is 34.6 Å². The van der Waals surface area contributed by atoms with Gasteiger partial charge in [-0.15, -0.1) is 11.3 Å². The maximum atomic E-state index is 13.3. The molecule has 3 aromatic rings. The molecule has 0 saturated heterocycles. The summed E-state index contributed by atoms with van der Waals surface area (Å²) in [4.78, 5) is 21.0. The summed E-state index contributed by atoms with van der Waals surface area (Å²) in [6, 6.07) is 12.3. The fourth-order valence-electron chi connectivity index (χ4n) is 4.14. The molecule has 2 aromatic heterocycles. The number of aromatic nitrogens is 3. The zero-order valence-corrected chi connectivity index (χ0v) is 16.6. The van der Waals surface area contributed by atoms with Gasteiger partial charge < -0.3 is 10.2 Å². The average molecular weight is 392 g/mol. The van der Waals surface area contributed by atoms with Gasteiger partial charge in [0.25, 0.3) is 0 Å². The maximum absolute atomic E-state index is 13.3. The normalized spacial score (nSPS) is 21.1. The van der Waals surface area contributed by atoms with Gasteiger partial charge in [-0.2, -0.15) is 10.1 Å². The van der Waals surface area contributed by atoms with Gasteiger partial charge in [-0.05, 0) is 35.6 Å². The van der Waals surface area contributed by atoms with Gasteiger partial charge in [0.15, 0.2) is 5.78 Å². The summed E-state index contributed by atoms with van der Waals surface area (Å²) in [5.74, 6) is 1.11. The molecule has 142 valence electrons. The van der Waals surface area contributed by atoms with Crippen LogP contribution in [0.5, 0.6) is 0 Å². The molecule has 6 nitrogen and oxygen atoms in total. The number of nitrogens with zero attached hydrogens (tertiary/aromatic N) is 4. The Morgan fingerprint density at radius 1 is 1.18 bits per heavy atom. The third kappa shape index (κ3) is 2.74. The first-order chi connectivity index (χ1) is 13.6. The molecule has 0 fully saturated rings. The van der Waals surface area contributed by atoms with E-state index in [-0.39, 0.29) is 17.7 Å². The summed E-state index contributed by atoms with van der Waals surface area (Å²) in [7, 11) is 4.04. The number of carbonyl (C=O) groups is 1. The van der Waals surface area contributed by atoms with Crippen molar-refractivity contribution in [1.82, 2.24) is 14.8 Å². The predicted octanol–water partition coefficient (Wildman–Crippen LogP) is 3.82. The molecule has 3 heterocycles. The molecule has 0 spiro atoms. The number of hydrogen-bond donors (Lipinski definition) is 1. The van der Waals surface area contributed by atoms with Gasteiger partial charge in [-0.25, -0.2) is 4.68 Å². The SMILES string of the molecule is CN(C)c1ccc([C@H]2C3=C(C[C@@H](c4cccs4)CC3=O)Nc3ncnn32)cc1. The van der Waals surface area contributed by atoms with Crippen LogP contribution in [0.15, 0.2) is 59.4 Å². The quantitative estimate of drug-likeness (QED) is 0.735. The van der Waals surface area contributed by atoms with Crippen LogP contribution in [0.1, 0.15) is 35.2 Å². The summed E-state index contributed by atoms with van der Waals surface area (Å²) in [5.41, 5.74) is 3.98. The van der Waals surface area contributed by atoms with Gasteiger partial charge in [0, 0.05) is 48.3 Å². The van der Waals surface area contributed by atoms with Crippen molar-refractivity contribution in [2.45, 2.75) is 24.8 Å². The number of nitrogens with one attached hydrogen (secondary N) is 1. The van der Waals surface area contributed by atoms with Crippen LogP contribution in [0.25, 0.3) is 0 Å². The highest BCUT2D eigenvalue weighted by molar-refractivity contribution is 7.10. The van der Waals surface area contributed by atoms with E-state index >= 15 is 0 Å². The molecule has 1 N–H and O–H groups in total. The predicted molar refractivity (Wildman–Crippen MR) is 111 cm³/mol. The Hall–Kier alpha value is -2.93. The van der Waals surface area contributed by atoms with Gasteiger partial charge in [0.05, 0.1) is 0 Å². The summed E-state index contributed by atoms with van der Waals surface area (Å²) < 4.78 is 1.83. The second-order valence-electron chi connectivity index (χ2n) is 7.48. The average Bonchev–Trinajstić information content (AvgIpc) is 3.38. The third-order valence-electron chi connectivity index (χ3n) is 5.53. The van der Waals surface area contributed by atoms with Crippen molar-refractivity contribution in [2.75, 3.05) is 24.3 Å². The number of Topliss-reactive ketones (excluding diaryl/α,β-unsaturated/α-hetero) is 1. The van der Waals surface area contributed by atoms with Crippen molar-refractivity contribution in [2.24, 2.45) is 0 Å². The molecule has 1 aromatic carbocycles. The van der Waals surface area contributed by atoms with Crippen LogP contribution in [0.3, 0.4) is 0 Å². The van der Waals surface area contributed by atoms with Crippen LogP contribution >= 0.6 is 11.3 Å². The zero-order chi connectivity index (χ0) is 19.3. The summed E-state index contributed by atoms with van der Waals surface area (Å²) >= 11 is 1.72. The largest absolute Gasteiger partial charge is 0.378 e. The minimum absolute atomic E-state index is 0.190. The Labute approximate surface area is 167 Å². The smallest absolute Gasteiger partial charge is 0.226 e. The second-order valence-corrected chi connectivity index (χ2v) is 8.46. The lowest BCUT2D eigenvalue weighted by atomic mass is 9.80. The first kappa shape index (κ1) is 17.2. The molecule has 2 atom stereocenters. The Balaban J connectivity index is 1.58. The van der Waals surface area contributed by atoms with Gasteiger partial charge >= 0.3 is 0 Å². The van der Waals surface area contributed by atoms with Crippen LogP contribution < -0.4 is 10.2 Å². The number of ketones is 1. The van der Waals surface area contributed by atoms with Crippen LogP contribution in [0.2, 0.25) is 0 Å². The summed E-state index contributed by atoms with van der Waals surface area (Å²) in [6.45, 7) is 0. The number of hydrogen-bond acceptors (Lipinski definition) is 6. The molecule has 1 aliphatic carbocycles. The highest BCUT2D eigenvalue weighted by Gasteiger charge is 2.39. The first-order valence-corrected chi connectivity index (χ1v) is 10.2. The van der Waals surface area contributed by atoms with Crippen molar-refractivity contribution >= 4 is 28.8 Å². The van der Waals surface area contributed by atoms with Crippen LogP contribution in [0, 0.1) is 0 Å². The van der Waals surface area contributed by atoms with E-state index in [4.69, 9.17) is 0 Å². The molecule has 1 aliphatic heterocycles. The van der Waals surface area contributed by atoms with E-state index in [1.54, 1.807) is 17.7 Å². The fraction of sp³-hybridized carbons (Fsp3) is 0.286.